The minimum Gasteiger partial charge on any atom is -0.497 e. The quantitative estimate of drug-likeness (QED) is 0.0321. The Morgan fingerprint density at radius 1 is 0.570 bits per heavy atom. The second-order valence-electron chi connectivity index (χ2n) is 23.3. The van der Waals surface area contributed by atoms with Crippen molar-refractivity contribution in [3.8, 4) is 74.1 Å². The zero-order valence-corrected chi connectivity index (χ0v) is 57.2. The van der Waals surface area contributed by atoms with E-state index >= 15 is 8.78 Å². The number of ether oxygens (including phenoxy) is 9. The standard InChI is InChI=1S/C36H42F2N6O7.C35H39F3N6O5/c1-42-15-17-43(18-16-42)14-7-19-51-30-21-23(20-29(49-4)34(30)50-5)40-35-39-13-12-31(41-35)44(36(45)46)22-25-27(47-2)10-11-28(48-3)32(25)24-8-6-9-26(37)33(24)38;1-22(2)44-15-13-43(14-16-44)17-18-48-29-11-9-23(19-27(29)37)39-34-40-28(25-7-6-8-26(36)33(25)38)21-32(41-34)42(3)35(45)49-31-20-24(46-4)10-12-30(31)47-5/h6,8-13,20-21H,7,14-19,22H2,1-5H3,(H,45,46)(H,39,40,41);6-12,19-22H,13-18H2,1-5H3,(H,39,40,41). The van der Waals surface area contributed by atoms with Crippen LogP contribution in [0.5, 0.6) is 51.7 Å². The van der Waals surface area contributed by atoms with Crippen LogP contribution in [0, 0.1) is 29.1 Å². The lowest BCUT2D eigenvalue weighted by Gasteiger charge is -2.36. The maximum absolute atomic E-state index is 15.1. The number of hydrogen-bond donors (Lipinski definition) is 3. The van der Waals surface area contributed by atoms with Gasteiger partial charge in [0.15, 0.2) is 57.8 Å². The van der Waals surface area contributed by atoms with Crippen LogP contribution in [0.25, 0.3) is 22.4 Å². The smallest absolute Gasteiger partial charge is 0.420 e. The van der Waals surface area contributed by atoms with Crippen LogP contribution in [0.3, 0.4) is 0 Å². The summed E-state index contributed by atoms with van der Waals surface area (Å²) in [5.41, 5.74) is 0.770. The van der Waals surface area contributed by atoms with Gasteiger partial charge in [-0.1, -0.05) is 18.2 Å². The molecule has 0 radical (unpaired) electrons. The molecule has 2 aromatic heterocycles. The minimum absolute atomic E-state index is 0.00334. The highest BCUT2D eigenvalue weighted by molar-refractivity contribution is 5.89. The zero-order valence-electron chi connectivity index (χ0n) is 57.2. The summed E-state index contributed by atoms with van der Waals surface area (Å²) in [4.78, 5) is 54.9. The number of carbonyl (C=O) groups is 2. The van der Waals surface area contributed by atoms with Crippen molar-refractivity contribution in [3.05, 3.63) is 150 Å². The molecule has 0 spiro atoms. The first-order valence-electron chi connectivity index (χ1n) is 32.0. The molecule has 6 aromatic carbocycles. The third kappa shape index (κ3) is 18.6. The molecule has 532 valence electrons. The fourth-order valence-electron chi connectivity index (χ4n) is 11.1. The highest BCUT2D eigenvalue weighted by atomic mass is 19.2. The molecule has 0 bridgehead atoms. The van der Waals surface area contributed by atoms with E-state index in [1.165, 1.54) is 117 Å². The predicted octanol–water partition coefficient (Wildman–Crippen LogP) is 12.3. The first kappa shape index (κ1) is 73.7. The summed E-state index contributed by atoms with van der Waals surface area (Å²) in [6.45, 7) is 14.3. The van der Waals surface area contributed by atoms with Crippen molar-refractivity contribution in [2.45, 2.75) is 32.9 Å². The van der Waals surface area contributed by atoms with Crippen LogP contribution >= 0.6 is 0 Å². The second kappa shape index (κ2) is 34.8. The molecule has 100 heavy (non-hydrogen) atoms. The Morgan fingerprint density at radius 2 is 1.18 bits per heavy atom. The molecule has 8 aromatic rings. The molecular formula is C71H81F5N12O12. The topological polar surface area (TPSA) is 232 Å². The average molecular weight is 1390 g/mol. The molecule has 2 saturated heterocycles. The summed E-state index contributed by atoms with van der Waals surface area (Å²) in [7, 11) is 12.2. The maximum atomic E-state index is 15.1. The molecule has 10 rings (SSSR count). The number of nitrogens with one attached hydrogen (secondary N) is 2. The number of likely N-dealkylation sites (N-methyl/N-ethyl adjacent to an activating group) is 1. The van der Waals surface area contributed by atoms with Gasteiger partial charge in [-0.2, -0.15) is 9.97 Å². The number of carbonyl (C=O) groups excluding carboxylic acids is 1. The SMILES string of the molecule is COc1ccc(OC)c(-c2cccc(F)c2F)c1CN(C(=O)O)c1ccnc(Nc2cc(OC)c(OC)c(OCCCN3CCN(C)CC3)c2)n1.COc1ccc(OC)c(OC(=O)N(C)c2cc(-c3cccc(F)c3F)nc(Nc3ccc(OCCN4CCN(C(C)C)CC4)c(F)c3)n2)c1. The molecule has 0 aliphatic carbocycles. The van der Waals surface area contributed by atoms with Gasteiger partial charge < -0.3 is 68.2 Å². The molecule has 3 N–H and O–H groups in total. The summed E-state index contributed by atoms with van der Waals surface area (Å²) in [6.07, 6.45) is -0.0355. The van der Waals surface area contributed by atoms with E-state index in [4.69, 9.17) is 42.6 Å². The van der Waals surface area contributed by atoms with Crippen molar-refractivity contribution < 1.29 is 79.3 Å². The van der Waals surface area contributed by atoms with E-state index in [2.05, 4.69) is 71.1 Å². The maximum Gasteiger partial charge on any atom is 0.420 e. The predicted molar refractivity (Wildman–Crippen MR) is 368 cm³/mol. The van der Waals surface area contributed by atoms with Crippen molar-refractivity contribution in [1.82, 2.24) is 39.5 Å². The first-order valence-corrected chi connectivity index (χ1v) is 32.0. The van der Waals surface area contributed by atoms with E-state index in [0.29, 0.717) is 54.5 Å². The van der Waals surface area contributed by atoms with E-state index in [1.54, 1.807) is 36.4 Å². The number of halogens is 5. The average Bonchev–Trinajstić information content (AvgIpc) is 0.791. The van der Waals surface area contributed by atoms with Gasteiger partial charge in [0.05, 0.1) is 61.5 Å². The van der Waals surface area contributed by atoms with Crippen LogP contribution in [0.4, 0.5) is 66.4 Å². The van der Waals surface area contributed by atoms with Gasteiger partial charge in [-0.3, -0.25) is 19.6 Å². The van der Waals surface area contributed by atoms with E-state index < -0.39 is 41.3 Å². The van der Waals surface area contributed by atoms with Gasteiger partial charge in [0.25, 0.3) is 0 Å². The van der Waals surface area contributed by atoms with Gasteiger partial charge in [-0.25, -0.2) is 41.5 Å². The van der Waals surface area contributed by atoms with Crippen molar-refractivity contribution in [1.29, 1.82) is 0 Å². The van der Waals surface area contributed by atoms with Crippen molar-refractivity contribution in [2.75, 3.05) is 156 Å². The van der Waals surface area contributed by atoms with Crippen LogP contribution in [-0.4, -0.2) is 198 Å². The van der Waals surface area contributed by atoms with Crippen molar-refractivity contribution in [2.24, 2.45) is 0 Å². The summed E-state index contributed by atoms with van der Waals surface area (Å²) >= 11 is 0. The third-order valence-corrected chi connectivity index (χ3v) is 16.6. The molecule has 29 heteroatoms. The molecular weight excluding hydrogens is 1310 g/mol. The lowest BCUT2D eigenvalue weighted by Crippen LogP contribution is -2.49. The van der Waals surface area contributed by atoms with Gasteiger partial charge in [0.1, 0.15) is 35.5 Å². The minimum atomic E-state index is -1.37. The Labute approximate surface area is 576 Å². The molecule has 24 nitrogen and oxygen atoms in total. The van der Waals surface area contributed by atoms with E-state index in [-0.39, 0.29) is 92.5 Å². The van der Waals surface area contributed by atoms with Gasteiger partial charge in [-0.15, -0.1) is 0 Å². The van der Waals surface area contributed by atoms with Gasteiger partial charge in [0.2, 0.25) is 17.6 Å². The molecule has 0 unspecified atom stereocenters. The number of amides is 2. The Hall–Kier alpha value is -10.5. The highest BCUT2D eigenvalue weighted by Crippen LogP contribution is 2.43. The number of methoxy groups -OCH3 is 6. The highest BCUT2D eigenvalue weighted by Gasteiger charge is 2.28. The summed E-state index contributed by atoms with van der Waals surface area (Å²) in [6, 6.07) is 26.0. The lowest BCUT2D eigenvalue weighted by atomic mass is 9.96. The number of anilines is 6. The van der Waals surface area contributed by atoms with Crippen LogP contribution in [0.2, 0.25) is 0 Å². The molecule has 0 saturated carbocycles. The number of piperazine rings is 2. The largest absolute Gasteiger partial charge is 0.497 e. The van der Waals surface area contributed by atoms with Gasteiger partial charge in [0, 0.05) is 149 Å². The number of rotatable bonds is 27. The number of hydrogen-bond acceptors (Lipinski definition) is 21. The molecule has 2 aliphatic rings. The van der Waals surface area contributed by atoms with Crippen molar-refractivity contribution in [3.63, 3.8) is 0 Å². The Morgan fingerprint density at radius 3 is 1.84 bits per heavy atom. The normalized spacial score (nSPS) is 13.5. The second-order valence-corrected chi connectivity index (χ2v) is 23.3. The fraction of sp³-hybridized carbons (Fsp3) is 0.352. The van der Waals surface area contributed by atoms with Gasteiger partial charge >= 0.3 is 12.2 Å². The fourth-order valence-corrected chi connectivity index (χ4v) is 11.1. The van der Waals surface area contributed by atoms with E-state index in [9.17, 15) is 27.9 Å². The molecule has 2 aliphatic heterocycles. The summed E-state index contributed by atoms with van der Waals surface area (Å²) in [5, 5.41) is 16.4. The van der Waals surface area contributed by atoms with E-state index in [1.807, 2.05) is 0 Å². The number of carboxylic acid groups (broad SMARTS) is 1. The first-order chi connectivity index (χ1) is 48.2. The zero-order chi connectivity index (χ0) is 71.6. The van der Waals surface area contributed by atoms with Crippen LogP contribution in [-0.2, 0) is 6.54 Å². The Balaban J connectivity index is 0.000000233. The Bertz CT molecular complexity index is 4110. The molecule has 4 heterocycles. The number of nitrogens with zero attached hydrogens (tertiary/aromatic N) is 10. The molecule has 2 amide bonds. The summed E-state index contributed by atoms with van der Waals surface area (Å²) < 4.78 is 124. The lowest BCUT2D eigenvalue weighted by molar-refractivity contribution is 0.0965. The van der Waals surface area contributed by atoms with Crippen LogP contribution in [0.15, 0.2) is 115 Å². The van der Waals surface area contributed by atoms with Crippen LogP contribution < -0.4 is 63.1 Å². The monoisotopic (exact) mass is 1390 g/mol. The molecule has 2 fully saturated rings. The molecule has 0 atom stereocenters. The van der Waals surface area contributed by atoms with E-state index in [0.717, 1.165) is 87.3 Å². The number of benzene rings is 6. The van der Waals surface area contributed by atoms with Gasteiger partial charge in [-0.05, 0) is 88.0 Å². The summed E-state index contributed by atoms with van der Waals surface area (Å²) in [5.74, 6) is -2.56. The van der Waals surface area contributed by atoms with Crippen LogP contribution in [0.1, 0.15) is 25.8 Å². The Kier molecular flexibility index (Phi) is 25.7. The van der Waals surface area contributed by atoms with Crippen molar-refractivity contribution >= 4 is 47.1 Å². The number of aromatic nitrogens is 4. The third-order valence-electron chi connectivity index (χ3n) is 16.6.